The largest absolute Gasteiger partial charge is 0.456 e. The van der Waals surface area contributed by atoms with Gasteiger partial charge in [-0.25, -0.2) is 0 Å². The van der Waals surface area contributed by atoms with E-state index >= 15 is 0 Å². The zero-order valence-electron chi connectivity index (χ0n) is 40.8. The first-order valence-electron chi connectivity index (χ1n) is 23.4. The number of benzene rings is 9. The summed E-state index contributed by atoms with van der Waals surface area (Å²) in [6.45, 7) is 0. The second-order valence-corrected chi connectivity index (χ2v) is 12.1. The van der Waals surface area contributed by atoms with Gasteiger partial charge in [0.1, 0.15) is 22.3 Å². The number of furan rings is 2. The van der Waals surface area contributed by atoms with Crippen LogP contribution in [0.1, 0.15) is 20.6 Å². The molecule has 0 fully saturated rings. The van der Waals surface area contributed by atoms with Crippen molar-refractivity contribution in [2.45, 2.75) is 0 Å². The normalized spacial score (nSPS) is 16.2. The van der Waals surface area contributed by atoms with Gasteiger partial charge >= 0.3 is 0 Å². The fourth-order valence-corrected chi connectivity index (χ4v) is 7.16. The lowest BCUT2D eigenvalue weighted by Gasteiger charge is -2.18. The smallest absolute Gasteiger partial charge is 0.136 e. The van der Waals surface area contributed by atoms with E-state index in [9.17, 15) is 8.22 Å². The molecule has 0 radical (unpaired) electrons. The first-order valence-corrected chi connectivity index (χ1v) is 15.9. The van der Waals surface area contributed by atoms with E-state index in [1.807, 2.05) is 54.6 Å². The summed E-state index contributed by atoms with van der Waals surface area (Å²) in [5.74, 6) is 0. The summed E-state index contributed by atoms with van der Waals surface area (Å²) >= 11 is 0. The summed E-state index contributed by atoms with van der Waals surface area (Å²) in [6.07, 6.45) is 0. The van der Waals surface area contributed by atoms with Crippen LogP contribution < -0.4 is 0 Å². The summed E-state index contributed by atoms with van der Waals surface area (Å²) in [5, 5.41) is 1.91. The molecule has 11 rings (SSSR count). The Bertz CT molecular complexity index is 3920. The second kappa shape index (κ2) is 10.4. The van der Waals surface area contributed by atoms with Crippen LogP contribution in [0.2, 0.25) is 0 Å². The van der Waals surface area contributed by atoms with Gasteiger partial charge in [0.05, 0.1) is 20.6 Å². The minimum Gasteiger partial charge on any atom is -0.456 e. The summed E-state index contributed by atoms with van der Waals surface area (Å²) in [7, 11) is 0. The van der Waals surface area contributed by atoms with Gasteiger partial charge < -0.3 is 8.83 Å². The van der Waals surface area contributed by atoms with Crippen LogP contribution in [0.15, 0.2) is 178 Å². The van der Waals surface area contributed by atoms with Gasteiger partial charge in [0.2, 0.25) is 0 Å². The SMILES string of the molecule is [2H]c1c([2H])c([2H])c2c([2H])c(-c3c4c([2H])c([2H])c([2H])c([2H])c4c(-c4ccc(-c5ccc6c(c5)oc5ccc7oc8ccccc8c7c56)cc4)c4c([2H])c([2H])c([2H])c([2H])c34)c([2H])c([2H])c2c1[2H]. The van der Waals surface area contributed by atoms with Gasteiger partial charge in [-0.05, 0) is 102 Å². The Balaban J connectivity index is 1.20. The fourth-order valence-electron chi connectivity index (χ4n) is 7.16. The van der Waals surface area contributed by atoms with Gasteiger partial charge in [0.25, 0.3) is 0 Å². The third-order valence-electron chi connectivity index (χ3n) is 9.36. The maximum atomic E-state index is 9.43. The molecular weight excluding hydrogens is 609 g/mol. The zero-order chi connectivity index (χ0) is 45.8. The topological polar surface area (TPSA) is 26.3 Å². The molecule has 0 aliphatic carbocycles. The molecule has 2 aromatic heterocycles. The van der Waals surface area contributed by atoms with Gasteiger partial charge in [-0.2, -0.15) is 0 Å². The Kier molecular flexibility index (Phi) is 3.47. The number of fused-ring (bicyclic) bond motifs is 10. The van der Waals surface area contributed by atoms with Crippen LogP contribution in [-0.2, 0) is 0 Å². The van der Waals surface area contributed by atoms with Crippen molar-refractivity contribution >= 4 is 76.2 Å². The molecule has 11 aromatic rings. The third kappa shape index (κ3) is 3.96. The second-order valence-electron chi connectivity index (χ2n) is 12.1. The lowest BCUT2D eigenvalue weighted by Crippen LogP contribution is -1.91. The zero-order valence-corrected chi connectivity index (χ0v) is 25.8. The molecular formula is C48H28O2. The molecule has 0 saturated heterocycles. The van der Waals surface area contributed by atoms with Gasteiger partial charge in [0, 0.05) is 21.5 Å². The number of hydrogen-bond donors (Lipinski definition) is 0. The molecule has 2 heteroatoms. The van der Waals surface area contributed by atoms with E-state index in [1.165, 1.54) is 0 Å². The minimum absolute atomic E-state index is 0.0280. The lowest BCUT2D eigenvalue weighted by molar-refractivity contribution is 0.663. The summed E-state index contributed by atoms with van der Waals surface area (Å²) in [4.78, 5) is 0. The van der Waals surface area contributed by atoms with Crippen molar-refractivity contribution in [2.24, 2.45) is 0 Å². The van der Waals surface area contributed by atoms with Gasteiger partial charge in [-0.1, -0.05) is 133 Å². The highest BCUT2D eigenvalue weighted by Gasteiger charge is 2.18. The van der Waals surface area contributed by atoms with E-state index in [1.54, 1.807) is 24.3 Å². The van der Waals surface area contributed by atoms with Gasteiger partial charge in [-0.3, -0.25) is 0 Å². The van der Waals surface area contributed by atoms with Crippen LogP contribution in [0, 0.1) is 0 Å². The van der Waals surface area contributed by atoms with Crippen LogP contribution in [0.25, 0.3) is 110 Å². The monoisotopic (exact) mass is 651 g/mol. The Morgan fingerprint density at radius 2 is 0.900 bits per heavy atom. The van der Waals surface area contributed by atoms with Crippen LogP contribution in [0.5, 0.6) is 0 Å². The Morgan fingerprint density at radius 1 is 0.360 bits per heavy atom. The molecule has 0 amide bonds. The van der Waals surface area contributed by atoms with Crippen molar-refractivity contribution in [1.82, 2.24) is 0 Å². The van der Waals surface area contributed by atoms with E-state index in [-0.39, 0.29) is 32.7 Å². The van der Waals surface area contributed by atoms with Crippen LogP contribution >= 0.6 is 0 Å². The summed E-state index contributed by atoms with van der Waals surface area (Å²) in [6, 6.07) is 14.3. The average Bonchev–Trinajstić information content (AvgIpc) is 3.88. The molecule has 0 atom stereocenters. The summed E-state index contributed by atoms with van der Waals surface area (Å²) in [5.41, 5.74) is 3.79. The molecule has 0 saturated carbocycles. The van der Waals surface area contributed by atoms with E-state index in [4.69, 9.17) is 21.2 Å². The molecule has 50 heavy (non-hydrogen) atoms. The molecule has 9 aromatic carbocycles. The van der Waals surface area contributed by atoms with Crippen LogP contribution in [0.4, 0.5) is 0 Å². The molecule has 0 aliphatic heterocycles. The van der Waals surface area contributed by atoms with Gasteiger partial charge in [0.15, 0.2) is 0 Å². The maximum absolute atomic E-state index is 9.43. The quantitative estimate of drug-likeness (QED) is 0.178. The van der Waals surface area contributed by atoms with Gasteiger partial charge in [-0.15, -0.1) is 0 Å². The van der Waals surface area contributed by atoms with E-state index in [0.717, 1.165) is 43.8 Å². The van der Waals surface area contributed by atoms with E-state index < -0.39 is 107 Å². The molecule has 0 aliphatic rings. The molecule has 232 valence electrons. The van der Waals surface area contributed by atoms with Crippen LogP contribution in [-0.4, -0.2) is 0 Å². The molecule has 0 bridgehead atoms. The Labute approximate surface area is 308 Å². The van der Waals surface area contributed by atoms with Crippen LogP contribution in [0.3, 0.4) is 0 Å². The highest BCUT2D eigenvalue weighted by Crippen LogP contribution is 2.45. The van der Waals surface area contributed by atoms with Crippen molar-refractivity contribution in [3.63, 3.8) is 0 Å². The third-order valence-corrected chi connectivity index (χ3v) is 9.36. The predicted octanol–water partition coefficient (Wildman–Crippen LogP) is 13.9. The molecule has 0 unspecified atom stereocenters. The Morgan fingerprint density at radius 3 is 1.60 bits per heavy atom. The average molecular weight is 652 g/mol. The summed E-state index contributed by atoms with van der Waals surface area (Å²) < 4.78 is 146. The standard InChI is InChI=1S/C48H28O2/c1-2-10-32-27-34(22-19-29(32)9-1)46-37-13-5-3-11-35(37)45(36-12-4-6-14-38(36)46)31-20-17-30(18-21-31)33-23-24-40-44(28-33)50-43-26-25-42-47(48(40)43)39-15-7-8-16-41(39)49-42/h1-28H/i1D,2D,3D,4D,5D,6D,9D,10D,11D,12D,13D,14D,19D,22D,27D. The van der Waals surface area contributed by atoms with Crippen molar-refractivity contribution in [2.75, 3.05) is 0 Å². The first kappa shape index (κ1) is 16.6. The number of hydrogen-bond acceptors (Lipinski definition) is 2. The number of rotatable bonds is 3. The lowest BCUT2D eigenvalue weighted by atomic mass is 9.85. The minimum atomic E-state index is -0.740. The molecule has 0 N–H and O–H groups in total. The maximum Gasteiger partial charge on any atom is 0.136 e. The van der Waals surface area contributed by atoms with Crippen molar-refractivity contribution in [1.29, 1.82) is 0 Å². The number of para-hydroxylation sites is 1. The molecule has 2 heterocycles. The fraction of sp³-hybridized carbons (Fsp3) is 0. The highest BCUT2D eigenvalue weighted by molar-refractivity contribution is 6.26. The highest BCUT2D eigenvalue weighted by atomic mass is 16.3. The van der Waals surface area contributed by atoms with E-state index in [0.29, 0.717) is 16.7 Å². The molecule has 2 nitrogen and oxygen atoms in total. The van der Waals surface area contributed by atoms with Crippen molar-refractivity contribution < 1.29 is 29.4 Å². The predicted molar refractivity (Wildman–Crippen MR) is 210 cm³/mol. The molecule has 0 spiro atoms. The Hall–Kier alpha value is -6.64. The van der Waals surface area contributed by atoms with E-state index in [2.05, 4.69) is 0 Å². The van der Waals surface area contributed by atoms with Crippen molar-refractivity contribution in [3.05, 3.63) is 169 Å². The van der Waals surface area contributed by atoms with Crippen molar-refractivity contribution in [3.8, 4) is 33.4 Å². The first-order chi connectivity index (χ1) is 31.0.